The standard InChI is InChI=1S/C14H24N2OS/c15-14(18)12-6-8-16(9-7-12)13(17)10-11-4-2-1-3-5-11/h11-12H,1-10H2,(H2,15,18). The van der Waals surface area contributed by atoms with Gasteiger partial charge in [-0.3, -0.25) is 4.79 Å². The van der Waals surface area contributed by atoms with Gasteiger partial charge in [0.15, 0.2) is 0 Å². The molecule has 1 aliphatic heterocycles. The first-order valence-corrected chi connectivity index (χ1v) is 7.64. The highest BCUT2D eigenvalue weighted by atomic mass is 32.1. The Kier molecular flexibility index (Phi) is 4.98. The van der Waals surface area contributed by atoms with Gasteiger partial charge in [0.1, 0.15) is 0 Å². The van der Waals surface area contributed by atoms with Crippen LogP contribution in [0.2, 0.25) is 0 Å². The Labute approximate surface area is 115 Å². The molecule has 2 fully saturated rings. The van der Waals surface area contributed by atoms with Gasteiger partial charge >= 0.3 is 0 Å². The van der Waals surface area contributed by atoms with Gasteiger partial charge in [-0.15, -0.1) is 0 Å². The lowest BCUT2D eigenvalue weighted by Crippen LogP contribution is -2.41. The number of amides is 1. The van der Waals surface area contributed by atoms with E-state index in [2.05, 4.69) is 0 Å². The van der Waals surface area contributed by atoms with Gasteiger partial charge in [-0.2, -0.15) is 0 Å². The molecule has 1 saturated carbocycles. The van der Waals surface area contributed by atoms with Gasteiger partial charge in [-0.1, -0.05) is 31.5 Å². The van der Waals surface area contributed by atoms with E-state index in [0.29, 0.717) is 22.7 Å². The molecule has 0 radical (unpaired) electrons. The minimum absolute atomic E-state index is 0.346. The number of nitrogens with two attached hydrogens (primary N) is 1. The second kappa shape index (κ2) is 6.50. The van der Waals surface area contributed by atoms with E-state index in [-0.39, 0.29) is 0 Å². The Balaban J connectivity index is 1.75. The van der Waals surface area contributed by atoms with E-state index in [9.17, 15) is 4.79 Å². The van der Waals surface area contributed by atoms with Crippen LogP contribution in [0.15, 0.2) is 0 Å². The molecule has 1 heterocycles. The quantitative estimate of drug-likeness (QED) is 0.800. The van der Waals surface area contributed by atoms with E-state index in [1.807, 2.05) is 4.90 Å². The first kappa shape index (κ1) is 13.8. The Morgan fingerprint density at radius 3 is 2.28 bits per heavy atom. The van der Waals surface area contributed by atoms with Crippen LogP contribution in [0, 0.1) is 11.8 Å². The van der Waals surface area contributed by atoms with Crippen molar-refractivity contribution in [3.05, 3.63) is 0 Å². The first-order chi connectivity index (χ1) is 8.66. The summed E-state index contributed by atoms with van der Waals surface area (Å²) in [6.45, 7) is 1.68. The van der Waals surface area contributed by atoms with Crippen molar-refractivity contribution in [1.29, 1.82) is 0 Å². The zero-order valence-corrected chi connectivity index (χ0v) is 11.9. The average molecular weight is 268 g/mol. The molecular formula is C14H24N2OS. The highest BCUT2D eigenvalue weighted by Gasteiger charge is 2.26. The molecule has 2 aliphatic rings. The van der Waals surface area contributed by atoms with Crippen LogP contribution in [0.1, 0.15) is 51.4 Å². The van der Waals surface area contributed by atoms with Gasteiger partial charge in [0, 0.05) is 25.4 Å². The van der Waals surface area contributed by atoms with Crippen molar-refractivity contribution in [2.75, 3.05) is 13.1 Å². The van der Waals surface area contributed by atoms with Crippen LogP contribution in [-0.2, 0) is 4.79 Å². The zero-order valence-electron chi connectivity index (χ0n) is 11.1. The normalized spacial score (nSPS) is 23.0. The summed E-state index contributed by atoms with van der Waals surface area (Å²) >= 11 is 5.02. The summed E-state index contributed by atoms with van der Waals surface area (Å²) in [4.78, 5) is 14.8. The predicted octanol–water partition coefficient (Wildman–Crippen LogP) is 2.48. The highest BCUT2D eigenvalue weighted by Crippen LogP contribution is 2.27. The molecule has 0 aromatic heterocycles. The molecule has 4 heteroatoms. The van der Waals surface area contributed by atoms with E-state index >= 15 is 0 Å². The molecule has 1 aliphatic carbocycles. The van der Waals surface area contributed by atoms with Crippen LogP contribution >= 0.6 is 12.2 Å². The van der Waals surface area contributed by atoms with E-state index in [4.69, 9.17) is 18.0 Å². The highest BCUT2D eigenvalue weighted by molar-refractivity contribution is 7.80. The molecule has 3 nitrogen and oxygen atoms in total. The number of rotatable bonds is 3. The van der Waals surface area contributed by atoms with Crippen LogP contribution in [0.25, 0.3) is 0 Å². The van der Waals surface area contributed by atoms with Crippen LogP contribution in [0.3, 0.4) is 0 Å². The van der Waals surface area contributed by atoms with E-state index in [1.54, 1.807) is 0 Å². The second-order valence-corrected chi connectivity index (χ2v) is 6.24. The van der Waals surface area contributed by atoms with Crippen LogP contribution in [-0.4, -0.2) is 28.9 Å². The lowest BCUT2D eigenvalue weighted by atomic mass is 9.86. The van der Waals surface area contributed by atoms with Crippen molar-refractivity contribution < 1.29 is 4.79 Å². The molecule has 0 aromatic carbocycles. The van der Waals surface area contributed by atoms with Crippen molar-refractivity contribution in [2.45, 2.75) is 51.4 Å². The maximum Gasteiger partial charge on any atom is 0.222 e. The molecule has 1 amide bonds. The Hall–Kier alpha value is -0.640. The van der Waals surface area contributed by atoms with E-state index in [1.165, 1.54) is 32.1 Å². The molecule has 0 spiro atoms. The third-order valence-corrected chi connectivity index (χ3v) is 4.77. The van der Waals surface area contributed by atoms with Crippen molar-refractivity contribution in [3.8, 4) is 0 Å². The number of nitrogens with zero attached hydrogens (tertiary/aromatic N) is 1. The molecular weight excluding hydrogens is 244 g/mol. The van der Waals surface area contributed by atoms with Crippen molar-refractivity contribution in [2.24, 2.45) is 17.6 Å². The van der Waals surface area contributed by atoms with Gasteiger partial charge in [-0.25, -0.2) is 0 Å². The van der Waals surface area contributed by atoms with Crippen LogP contribution in [0.5, 0.6) is 0 Å². The lowest BCUT2D eigenvalue weighted by Gasteiger charge is -2.33. The third kappa shape index (κ3) is 3.67. The average Bonchev–Trinajstić information content (AvgIpc) is 2.40. The monoisotopic (exact) mass is 268 g/mol. The summed E-state index contributed by atoms with van der Waals surface area (Å²) in [5, 5.41) is 0. The molecule has 0 atom stereocenters. The Bertz CT molecular complexity index is 305. The van der Waals surface area contributed by atoms with Crippen LogP contribution < -0.4 is 5.73 Å². The van der Waals surface area contributed by atoms with Gasteiger partial charge in [-0.05, 0) is 31.6 Å². The lowest BCUT2D eigenvalue weighted by molar-refractivity contribution is -0.133. The Morgan fingerprint density at radius 1 is 1.11 bits per heavy atom. The van der Waals surface area contributed by atoms with Gasteiger partial charge in [0.25, 0.3) is 0 Å². The fourth-order valence-corrected chi connectivity index (χ4v) is 3.42. The Morgan fingerprint density at radius 2 is 1.72 bits per heavy atom. The number of carbonyl (C=O) groups is 1. The molecule has 0 bridgehead atoms. The number of likely N-dealkylation sites (tertiary alicyclic amines) is 1. The molecule has 102 valence electrons. The largest absolute Gasteiger partial charge is 0.393 e. The minimum atomic E-state index is 0.346. The number of piperidine rings is 1. The van der Waals surface area contributed by atoms with Crippen molar-refractivity contribution >= 4 is 23.1 Å². The number of carbonyl (C=O) groups excluding carboxylic acids is 1. The van der Waals surface area contributed by atoms with Crippen molar-refractivity contribution in [3.63, 3.8) is 0 Å². The number of hydrogen-bond acceptors (Lipinski definition) is 2. The van der Waals surface area contributed by atoms with Gasteiger partial charge in [0.05, 0.1) is 4.99 Å². The molecule has 0 aromatic rings. The van der Waals surface area contributed by atoms with Gasteiger partial charge in [0.2, 0.25) is 5.91 Å². The molecule has 1 saturated heterocycles. The summed E-state index contributed by atoms with van der Waals surface area (Å²) in [5.41, 5.74) is 5.67. The van der Waals surface area contributed by atoms with E-state index in [0.717, 1.165) is 32.4 Å². The summed E-state index contributed by atoms with van der Waals surface area (Å²) in [5.74, 6) is 1.33. The van der Waals surface area contributed by atoms with Gasteiger partial charge < -0.3 is 10.6 Å². The number of hydrogen-bond donors (Lipinski definition) is 1. The molecule has 2 N–H and O–H groups in total. The predicted molar refractivity (Wildman–Crippen MR) is 77.3 cm³/mol. The first-order valence-electron chi connectivity index (χ1n) is 7.24. The maximum atomic E-state index is 12.2. The smallest absolute Gasteiger partial charge is 0.222 e. The topological polar surface area (TPSA) is 46.3 Å². The summed E-state index contributed by atoms with van der Waals surface area (Å²) in [7, 11) is 0. The summed E-state index contributed by atoms with van der Waals surface area (Å²) < 4.78 is 0. The SMILES string of the molecule is NC(=S)C1CCN(C(=O)CC2CCCCC2)CC1. The maximum absolute atomic E-state index is 12.2. The fraction of sp³-hybridized carbons (Fsp3) is 0.857. The second-order valence-electron chi connectivity index (χ2n) is 5.77. The minimum Gasteiger partial charge on any atom is -0.393 e. The van der Waals surface area contributed by atoms with E-state index < -0.39 is 0 Å². The molecule has 2 rings (SSSR count). The molecule has 0 unspecified atom stereocenters. The number of thiocarbonyl (C=S) groups is 1. The van der Waals surface area contributed by atoms with Crippen molar-refractivity contribution in [1.82, 2.24) is 4.90 Å². The summed E-state index contributed by atoms with van der Waals surface area (Å²) in [6, 6.07) is 0. The molecule has 18 heavy (non-hydrogen) atoms. The summed E-state index contributed by atoms with van der Waals surface area (Å²) in [6.07, 6.45) is 9.12. The fourth-order valence-electron chi connectivity index (χ4n) is 3.18. The third-order valence-electron chi connectivity index (χ3n) is 4.44. The van der Waals surface area contributed by atoms with Crippen LogP contribution in [0.4, 0.5) is 0 Å². The zero-order chi connectivity index (χ0) is 13.0.